The third-order valence-electron chi connectivity index (χ3n) is 6.52. The summed E-state index contributed by atoms with van der Waals surface area (Å²) in [7, 11) is 0. The van der Waals surface area contributed by atoms with Crippen LogP contribution in [0.15, 0.2) is 24.3 Å². The third-order valence-corrected chi connectivity index (χ3v) is 6.52. The van der Waals surface area contributed by atoms with E-state index in [4.69, 9.17) is 4.74 Å². The van der Waals surface area contributed by atoms with Crippen LogP contribution in [0.2, 0.25) is 0 Å². The fourth-order valence-corrected chi connectivity index (χ4v) is 4.68. The average molecular weight is 476 g/mol. The number of halogens is 1. The van der Waals surface area contributed by atoms with Gasteiger partial charge in [-0.1, -0.05) is 13.0 Å². The highest BCUT2D eigenvalue weighted by Gasteiger charge is 2.33. The van der Waals surface area contributed by atoms with E-state index in [0.717, 1.165) is 25.7 Å². The Morgan fingerprint density at radius 1 is 1.09 bits per heavy atom. The summed E-state index contributed by atoms with van der Waals surface area (Å²) in [5, 5.41) is 3.00. The Morgan fingerprint density at radius 2 is 1.79 bits per heavy atom. The molecule has 8 heteroatoms. The molecule has 2 aliphatic rings. The molecule has 2 saturated heterocycles. The first-order valence-electron chi connectivity index (χ1n) is 12.4. The first kappa shape index (κ1) is 26.0. The molecule has 0 aliphatic carbocycles. The monoisotopic (exact) mass is 475 g/mol. The van der Waals surface area contributed by atoms with Crippen molar-refractivity contribution >= 4 is 17.9 Å². The van der Waals surface area contributed by atoms with Gasteiger partial charge < -0.3 is 19.9 Å². The molecule has 2 heterocycles. The van der Waals surface area contributed by atoms with Crippen LogP contribution in [0.25, 0.3) is 0 Å². The van der Waals surface area contributed by atoms with Crippen LogP contribution in [0, 0.1) is 11.7 Å². The maximum absolute atomic E-state index is 13.5. The summed E-state index contributed by atoms with van der Waals surface area (Å²) in [6.45, 7) is 9.53. The maximum Gasteiger partial charge on any atom is 0.410 e. The van der Waals surface area contributed by atoms with Crippen molar-refractivity contribution in [2.24, 2.45) is 5.92 Å². The predicted molar refractivity (Wildman–Crippen MR) is 128 cm³/mol. The van der Waals surface area contributed by atoms with Crippen molar-refractivity contribution in [2.75, 3.05) is 19.6 Å². The Labute approximate surface area is 202 Å². The molecule has 2 unspecified atom stereocenters. The van der Waals surface area contributed by atoms with Gasteiger partial charge in [0, 0.05) is 43.7 Å². The zero-order valence-electron chi connectivity index (χ0n) is 20.8. The van der Waals surface area contributed by atoms with Gasteiger partial charge in [-0.3, -0.25) is 9.59 Å². The number of nitrogens with zero attached hydrogens (tertiary/aromatic N) is 2. The quantitative estimate of drug-likeness (QED) is 0.705. The molecule has 2 fully saturated rings. The fourth-order valence-electron chi connectivity index (χ4n) is 4.68. The molecule has 3 amide bonds. The van der Waals surface area contributed by atoms with Crippen molar-refractivity contribution in [3.8, 4) is 0 Å². The SMILES string of the molecule is CC1CCC(NC(=O)c2cccc(F)c2)CCC(=O)N(C2CCN(C(=O)OC(C)(C)C)CC2)C1. The number of carbonyl (C=O) groups excluding carboxylic acids is 3. The van der Waals surface area contributed by atoms with Gasteiger partial charge in [0.05, 0.1) is 0 Å². The fraction of sp³-hybridized carbons (Fsp3) is 0.654. The largest absolute Gasteiger partial charge is 0.444 e. The molecule has 0 spiro atoms. The first-order chi connectivity index (χ1) is 16.0. The van der Waals surface area contributed by atoms with E-state index in [9.17, 15) is 18.8 Å². The molecule has 2 aliphatic heterocycles. The van der Waals surface area contributed by atoms with Crippen molar-refractivity contribution in [1.29, 1.82) is 0 Å². The topological polar surface area (TPSA) is 79.0 Å². The van der Waals surface area contributed by atoms with Crippen molar-refractivity contribution in [1.82, 2.24) is 15.1 Å². The van der Waals surface area contributed by atoms with E-state index in [-0.39, 0.29) is 35.6 Å². The second-order valence-corrected chi connectivity index (χ2v) is 10.6. The van der Waals surface area contributed by atoms with Gasteiger partial charge in [-0.05, 0) is 77.0 Å². The first-order valence-corrected chi connectivity index (χ1v) is 12.4. The number of ether oxygens (including phenoxy) is 1. The molecule has 1 aromatic carbocycles. The summed E-state index contributed by atoms with van der Waals surface area (Å²) in [4.78, 5) is 41.8. The molecule has 1 N–H and O–H groups in total. The molecule has 0 saturated carbocycles. The van der Waals surface area contributed by atoms with Crippen LogP contribution in [0.4, 0.5) is 9.18 Å². The standard InChI is InChI=1S/C26H38FN3O4/c1-18-8-9-21(28-24(32)19-6-5-7-20(27)16-19)10-11-23(31)30(17-18)22-12-14-29(15-13-22)25(33)34-26(2,3)4/h5-7,16,18,21-22H,8-15,17H2,1-4H3,(H,28,32). The van der Waals surface area contributed by atoms with E-state index in [1.165, 1.54) is 18.2 Å². The molecule has 34 heavy (non-hydrogen) atoms. The highest BCUT2D eigenvalue weighted by atomic mass is 19.1. The molecule has 0 bridgehead atoms. The normalized spacial score (nSPS) is 23.0. The second-order valence-electron chi connectivity index (χ2n) is 10.6. The summed E-state index contributed by atoms with van der Waals surface area (Å²) in [5.74, 6) is -0.372. The highest BCUT2D eigenvalue weighted by Crippen LogP contribution is 2.25. The number of nitrogens with one attached hydrogen (secondary N) is 1. The predicted octanol–water partition coefficient (Wildman–Crippen LogP) is 4.36. The van der Waals surface area contributed by atoms with Crippen molar-refractivity contribution < 1.29 is 23.5 Å². The highest BCUT2D eigenvalue weighted by molar-refractivity contribution is 5.94. The van der Waals surface area contributed by atoms with Crippen LogP contribution in [0.1, 0.15) is 76.6 Å². The van der Waals surface area contributed by atoms with Crippen molar-refractivity contribution in [2.45, 2.75) is 83.9 Å². The van der Waals surface area contributed by atoms with Crippen molar-refractivity contribution in [3.63, 3.8) is 0 Å². The van der Waals surface area contributed by atoms with Gasteiger partial charge in [-0.25, -0.2) is 9.18 Å². The van der Waals surface area contributed by atoms with Gasteiger partial charge in [0.15, 0.2) is 0 Å². The third kappa shape index (κ3) is 7.43. The lowest BCUT2D eigenvalue weighted by Crippen LogP contribution is -2.50. The Bertz CT molecular complexity index is 877. The maximum atomic E-state index is 13.5. The number of hydrogen-bond acceptors (Lipinski definition) is 4. The lowest BCUT2D eigenvalue weighted by Gasteiger charge is -2.39. The Balaban J connectivity index is 1.57. The summed E-state index contributed by atoms with van der Waals surface area (Å²) in [5.41, 5.74) is -0.237. The van der Waals surface area contributed by atoms with E-state index in [1.54, 1.807) is 11.0 Å². The van der Waals surface area contributed by atoms with Gasteiger partial charge in [-0.2, -0.15) is 0 Å². The van der Waals surface area contributed by atoms with E-state index in [2.05, 4.69) is 12.2 Å². The van der Waals surface area contributed by atoms with Crippen LogP contribution >= 0.6 is 0 Å². The van der Waals surface area contributed by atoms with Crippen molar-refractivity contribution in [3.05, 3.63) is 35.6 Å². The van der Waals surface area contributed by atoms with E-state index >= 15 is 0 Å². The minimum atomic E-state index is -0.527. The minimum Gasteiger partial charge on any atom is -0.444 e. The number of carbonyl (C=O) groups is 3. The lowest BCUT2D eigenvalue weighted by molar-refractivity contribution is -0.135. The number of hydrogen-bond donors (Lipinski definition) is 1. The zero-order valence-corrected chi connectivity index (χ0v) is 20.8. The van der Waals surface area contributed by atoms with Crippen LogP contribution in [-0.4, -0.2) is 65.0 Å². The molecule has 1 aromatic rings. The summed E-state index contributed by atoms with van der Waals surface area (Å²) >= 11 is 0. The number of rotatable bonds is 3. The summed E-state index contributed by atoms with van der Waals surface area (Å²) < 4.78 is 19.0. The number of likely N-dealkylation sites (tertiary alicyclic amines) is 1. The number of amides is 3. The van der Waals surface area contributed by atoms with Crippen LogP contribution < -0.4 is 5.32 Å². The average Bonchev–Trinajstić information content (AvgIpc) is 2.83. The van der Waals surface area contributed by atoms with Gasteiger partial charge >= 0.3 is 6.09 Å². The Morgan fingerprint density at radius 3 is 2.44 bits per heavy atom. The van der Waals surface area contributed by atoms with Gasteiger partial charge in [0.25, 0.3) is 5.91 Å². The smallest absolute Gasteiger partial charge is 0.410 e. The number of benzene rings is 1. The molecule has 0 aromatic heterocycles. The van der Waals surface area contributed by atoms with Gasteiger partial charge in [-0.15, -0.1) is 0 Å². The van der Waals surface area contributed by atoms with Crippen LogP contribution in [-0.2, 0) is 9.53 Å². The molecule has 188 valence electrons. The Hall–Kier alpha value is -2.64. The minimum absolute atomic E-state index is 0.0921. The molecular formula is C26H38FN3O4. The van der Waals surface area contributed by atoms with Gasteiger partial charge in [0.2, 0.25) is 5.91 Å². The van der Waals surface area contributed by atoms with E-state index in [0.29, 0.717) is 38.4 Å². The van der Waals surface area contributed by atoms with Gasteiger partial charge in [0.1, 0.15) is 11.4 Å². The molecule has 7 nitrogen and oxygen atoms in total. The zero-order chi connectivity index (χ0) is 24.9. The molecule has 0 radical (unpaired) electrons. The molecule has 2 atom stereocenters. The second kappa shape index (κ2) is 11.2. The Kier molecular flexibility index (Phi) is 8.55. The lowest BCUT2D eigenvalue weighted by atomic mass is 9.98. The molecular weight excluding hydrogens is 437 g/mol. The summed E-state index contributed by atoms with van der Waals surface area (Å²) in [6, 6.07) is 5.62. The summed E-state index contributed by atoms with van der Waals surface area (Å²) in [6.07, 6.45) is 3.74. The van der Waals surface area contributed by atoms with E-state index in [1.807, 2.05) is 25.7 Å². The van der Waals surface area contributed by atoms with Crippen LogP contribution in [0.3, 0.4) is 0 Å². The number of piperidine rings is 1. The molecule has 3 rings (SSSR count). The van der Waals surface area contributed by atoms with Crippen LogP contribution in [0.5, 0.6) is 0 Å². The van der Waals surface area contributed by atoms with E-state index < -0.39 is 11.4 Å².